The fourth-order valence-electron chi connectivity index (χ4n) is 3.01. The maximum atomic E-state index is 10.9. The van der Waals surface area contributed by atoms with Crippen molar-refractivity contribution in [3.05, 3.63) is 22.5 Å². The molecule has 0 amide bonds. The van der Waals surface area contributed by atoms with Crippen LogP contribution in [-0.4, -0.2) is 34.0 Å². The van der Waals surface area contributed by atoms with Gasteiger partial charge in [0.2, 0.25) is 0 Å². The van der Waals surface area contributed by atoms with Crippen molar-refractivity contribution in [2.75, 3.05) is 18.4 Å². The maximum Gasteiger partial charge on any atom is 0.326 e. The summed E-state index contributed by atoms with van der Waals surface area (Å²) in [7, 11) is 0. The minimum atomic E-state index is -0.385. The molecule has 2 aromatic heterocycles. The Labute approximate surface area is 138 Å². The lowest BCUT2D eigenvalue weighted by Crippen LogP contribution is -2.32. The topological polar surface area (TPSA) is 93.0 Å². The average Bonchev–Trinajstić information content (AvgIpc) is 2.83. The standard InChI is InChI=1S/C15H21N5O2S/c21-20(22)13-9-12-14(18-10-19-15(12)23-13)17-8-7-16-11-5-3-1-2-4-6-11/h9-11,16H,1-8H2,(H,17,18,19). The Bertz CT molecular complexity index is 667. The Morgan fingerprint density at radius 2 is 2.00 bits per heavy atom. The van der Waals surface area contributed by atoms with Gasteiger partial charge in [0.15, 0.2) is 0 Å². The lowest BCUT2D eigenvalue weighted by Gasteiger charge is -2.16. The number of hydrogen-bond acceptors (Lipinski definition) is 7. The first-order chi connectivity index (χ1) is 11.2. The van der Waals surface area contributed by atoms with Crippen LogP contribution in [0.3, 0.4) is 0 Å². The number of nitrogens with one attached hydrogen (secondary N) is 2. The lowest BCUT2D eigenvalue weighted by atomic mass is 10.1. The SMILES string of the molecule is O=[N+]([O-])c1cc2c(NCCNC3CCCCCC3)ncnc2s1. The number of thiophene rings is 1. The van der Waals surface area contributed by atoms with Gasteiger partial charge in [-0.3, -0.25) is 10.1 Å². The molecule has 1 aliphatic rings. The van der Waals surface area contributed by atoms with Crippen molar-refractivity contribution in [2.45, 2.75) is 44.6 Å². The van der Waals surface area contributed by atoms with E-state index in [0.29, 0.717) is 16.7 Å². The molecule has 0 bridgehead atoms. The summed E-state index contributed by atoms with van der Waals surface area (Å²) in [5.74, 6) is 0.669. The first-order valence-corrected chi connectivity index (χ1v) is 8.92. The van der Waals surface area contributed by atoms with Gasteiger partial charge in [-0.1, -0.05) is 25.7 Å². The molecule has 0 aliphatic heterocycles. The van der Waals surface area contributed by atoms with Crippen LogP contribution in [0.25, 0.3) is 10.2 Å². The van der Waals surface area contributed by atoms with Gasteiger partial charge in [-0.15, -0.1) is 0 Å². The van der Waals surface area contributed by atoms with Crippen molar-refractivity contribution < 1.29 is 4.92 Å². The highest BCUT2D eigenvalue weighted by Gasteiger charge is 2.15. The molecule has 124 valence electrons. The molecule has 0 atom stereocenters. The van der Waals surface area contributed by atoms with Gasteiger partial charge in [-0.2, -0.15) is 0 Å². The Hall–Kier alpha value is -1.80. The second kappa shape index (κ2) is 7.65. The Morgan fingerprint density at radius 1 is 1.22 bits per heavy atom. The van der Waals surface area contributed by atoms with Crippen LogP contribution in [-0.2, 0) is 0 Å². The normalized spacial score (nSPS) is 16.3. The molecule has 1 aliphatic carbocycles. The number of anilines is 1. The van der Waals surface area contributed by atoms with E-state index >= 15 is 0 Å². The third-order valence-corrected chi connectivity index (χ3v) is 5.20. The van der Waals surface area contributed by atoms with Gasteiger partial charge in [0.1, 0.15) is 17.0 Å². The highest BCUT2D eigenvalue weighted by Crippen LogP contribution is 2.32. The molecule has 0 radical (unpaired) electrons. The third-order valence-electron chi connectivity index (χ3n) is 4.20. The first kappa shape index (κ1) is 16.1. The summed E-state index contributed by atoms with van der Waals surface area (Å²) in [4.78, 5) is 19.5. The highest BCUT2D eigenvalue weighted by atomic mass is 32.1. The number of fused-ring (bicyclic) bond motifs is 1. The Kier molecular flexibility index (Phi) is 5.35. The molecule has 8 heteroatoms. The van der Waals surface area contributed by atoms with Crippen LogP contribution in [0.1, 0.15) is 38.5 Å². The van der Waals surface area contributed by atoms with Gasteiger partial charge in [-0.05, 0) is 24.2 Å². The van der Waals surface area contributed by atoms with E-state index in [4.69, 9.17) is 0 Å². The molecule has 2 aromatic rings. The van der Waals surface area contributed by atoms with Crippen LogP contribution in [0.5, 0.6) is 0 Å². The summed E-state index contributed by atoms with van der Waals surface area (Å²) < 4.78 is 0. The van der Waals surface area contributed by atoms with Crippen molar-refractivity contribution in [1.82, 2.24) is 15.3 Å². The zero-order chi connectivity index (χ0) is 16.1. The summed E-state index contributed by atoms with van der Waals surface area (Å²) in [6.07, 6.45) is 9.30. The molecule has 3 rings (SSSR count). The number of nitro groups is 1. The van der Waals surface area contributed by atoms with E-state index < -0.39 is 0 Å². The molecule has 0 aromatic carbocycles. The maximum absolute atomic E-state index is 10.9. The summed E-state index contributed by atoms with van der Waals surface area (Å²) in [5, 5.41) is 18.6. The average molecular weight is 335 g/mol. The quantitative estimate of drug-likeness (QED) is 0.364. The van der Waals surface area contributed by atoms with E-state index in [0.717, 1.165) is 29.8 Å². The minimum Gasteiger partial charge on any atom is -0.368 e. The van der Waals surface area contributed by atoms with Gasteiger partial charge in [-0.25, -0.2) is 9.97 Å². The predicted molar refractivity (Wildman–Crippen MR) is 92.1 cm³/mol. The molecule has 0 unspecified atom stereocenters. The van der Waals surface area contributed by atoms with Crippen LogP contribution in [0.2, 0.25) is 0 Å². The van der Waals surface area contributed by atoms with E-state index in [1.54, 1.807) is 6.07 Å². The van der Waals surface area contributed by atoms with Gasteiger partial charge in [0, 0.05) is 25.2 Å². The number of aromatic nitrogens is 2. The van der Waals surface area contributed by atoms with Crippen LogP contribution in [0.15, 0.2) is 12.4 Å². The summed E-state index contributed by atoms with van der Waals surface area (Å²) >= 11 is 1.08. The van der Waals surface area contributed by atoms with E-state index in [1.807, 2.05) is 0 Å². The fraction of sp³-hybridized carbons (Fsp3) is 0.600. The summed E-state index contributed by atoms with van der Waals surface area (Å²) in [5.41, 5.74) is 0. The lowest BCUT2D eigenvalue weighted by molar-refractivity contribution is -0.380. The molecule has 0 saturated heterocycles. The van der Waals surface area contributed by atoms with Crippen LogP contribution >= 0.6 is 11.3 Å². The molecule has 7 nitrogen and oxygen atoms in total. The van der Waals surface area contributed by atoms with Gasteiger partial charge < -0.3 is 10.6 Å². The van der Waals surface area contributed by atoms with Gasteiger partial charge >= 0.3 is 5.00 Å². The molecule has 23 heavy (non-hydrogen) atoms. The molecule has 1 fully saturated rings. The zero-order valence-corrected chi connectivity index (χ0v) is 13.8. The predicted octanol–water partition coefficient (Wildman–Crippen LogP) is 3.32. The molecule has 2 heterocycles. The number of hydrogen-bond donors (Lipinski definition) is 2. The zero-order valence-electron chi connectivity index (χ0n) is 13.0. The van der Waals surface area contributed by atoms with Crippen molar-refractivity contribution in [3.8, 4) is 0 Å². The van der Waals surface area contributed by atoms with Crippen LogP contribution < -0.4 is 10.6 Å². The van der Waals surface area contributed by atoms with Gasteiger partial charge in [0.25, 0.3) is 0 Å². The molecule has 2 N–H and O–H groups in total. The summed E-state index contributed by atoms with van der Waals surface area (Å²) in [6, 6.07) is 2.16. The van der Waals surface area contributed by atoms with Crippen LogP contribution in [0, 0.1) is 10.1 Å². The van der Waals surface area contributed by atoms with E-state index in [1.165, 1.54) is 44.9 Å². The van der Waals surface area contributed by atoms with Gasteiger partial charge in [0.05, 0.1) is 10.3 Å². The fourth-order valence-corrected chi connectivity index (χ4v) is 3.83. The number of nitrogens with zero attached hydrogens (tertiary/aromatic N) is 3. The number of rotatable bonds is 6. The minimum absolute atomic E-state index is 0.0973. The first-order valence-electron chi connectivity index (χ1n) is 8.10. The van der Waals surface area contributed by atoms with Crippen molar-refractivity contribution in [3.63, 3.8) is 0 Å². The largest absolute Gasteiger partial charge is 0.368 e. The smallest absolute Gasteiger partial charge is 0.326 e. The molecule has 0 spiro atoms. The monoisotopic (exact) mass is 335 g/mol. The molecule has 1 saturated carbocycles. The highest BCUT2D eigenvalue weighted by molar-refractivity contribution is 7.21. The third kappa shape index (κ3) is 4.14. The van der Waals surface area contributed by atoms with Crippen molar-refractivity contribution in [2.24, 2.45) is 0 Å². The molecular formula is C15H21N5O2S. The van der Waals surface area contributed by atoms with Crippen molar-refractivity contribution >= 4 is 32.4 Å². The van der Waals surface area contributed by atoms with Crippen LogP contribution in [0.4, 0.5) is 10.8 Å². The van der Waals surface area contributed by atoms with E-state index in [2.05, 4.69) is 20.6 Å². The molecular weight excluding hydrogens is 314 g/mol. The van der Waals surface area contributed by atoms with E-state index in [9.17, 15) is 10.1 Å². The van der Waals surface area contributed by atoms with Crippen molar-refractivity contribution in [1.29, 1.82) is 0 Å². The summed E-state index contributed by atoms with van der Waals surface area (Å²) in [6.45, 7) is 1.61. The Morgan fingerprint density at radius 3 is 2.74 bits per heavy atom. The second-order valence-corrected chi connectivity index (χ2v) is 6.86. The Balaban J connectivity index is 1.55. The second-order valence-electron chi connectivity index (χ2n) is 5.85. The van der Waals surface area contributed by atoms with E-state index in [-0.39, 0.29) is 9.92 Å².